The monoisotopic (exact) mass is 408 g/mol. The maximum absolute atomic E-state index is 12.9. The Morgan fingerprint density at radius 2 is 1.93 bits per heavy atom. The highest BCUT2D eigenvalue weighted by molar-refractivity contribution is 8.00. The lowest BCUT2D eigenvalue weighted by molar-refractivity contribution is 0.508. The zero-order valence-corrected chi connectivity index (χ0v) is 16.8. The summed E-state index contributed by atoms with van der Waals surface area (Å²) in [7, 11) is -6.04. The van der Waals surface area contributed by atoms with E-state index >= 15 is 0 Å². The minimum Gasteiger partial charge on any atom is -0.504 e. The van der Waals surface area contributed by atoms with E-state index in [0.717, 1.165) is 6.26 Å². The van der Waals surface area contributed by atoms with Gasteiger partial charge in [-0.2, -0.15) is 0 Å². The molecule has 2 heterocycles. The number of hydrogen-bond acceptors (Lipinski definition) is 7. The van der Waals surface area contributed by atoms with Crippen LogP contribution < -0.4 is 4.90 Å². The Balaban J connectivity index is 2.44. The molecule has 27 heavy (non-hydrogen) atoms. The van der Waals surface area contributed by atoms with Crippen LogP contribution in [0.15, 0.2) is 41.4 Å². The highest BCUT2D eigenvalue weighted by Crippen LogP contribution is 2.41. The SMILES string of the molecule is CCN(C)c1cccc(C2=C(O)c3ncccc3CS2(=O)=O)c1S(C)(=O)=O. The number of anilines is 1. The molecule has 7 nitrogen and oxygen atoms in total. The van der Waals surface area contributed by atoms with Crippen LogP contribution >= 0.6 is 0 Å². The molecule has 0 spiro atoms. The second-order valence-corrected chi connectivity index (χ2v) is 10.3. The molecule has 0 amide bonds. The molecule has 1 aromatic carbocycles. The predicted octanol–water partition coefficient (Wildman–Crippen LogP) is 2.25. The van der Waals surface area contributed by atoms with Crippen molar-refractivity contribution in [3.05, 3.63) is 53.3 Å². The first-order chi connectivity index (χ1) is 12.6. The Bertz CT molecular complexity index is 1150. The van der Waals surface area contributed by atoms with Crippen molar-refractivity contribution >= 4 is 36.0 Å². The zero-order chi connectivity index (χ0) is 20.0. The molecule has 0 atom stereocenters. The van der Waals surface area contributed by atoms with E-state index in [-0.39, 0.29) is 21.9 Å². The van der Waals surface area contributed by atoms with E-state index in [2.05, 4.69) is 4.98 Å². The molecule has 9 heteroatoms. The average Bonchev–Trinajstić information content (AvgIpc) is 2.59. The minimum absolute atomic E-state index is 0.0379. The summed E-state index contributed by atoms with van der Waals surface area (Å²) in [4.78, 5) is 5.25. The molecule has 1 aliphatic heterocycles. The number of fused-ring (bicyclic) bond motifs is 1. The molecule has 0 unspecified atom stereocenters. The van der Waals surface area contributed by atoms with Crippen molar-refractivity contribution in [2.75, 3.05) is 24.7 Å². The van der Waals surface area contributed by atoms with E-state index in [9.17, 15) is 21.9 Å². The van der Waals surface area contributed by atoms with Crippen molar-refractivity contribution in [3.63, 3.8) is 0 Å². The number of benzene rings is 1. The van der Waals surface area contributed by atoms with Crippen LogP contribution in [0.5, 0.6) is 0 Å². The van der Waals surface area contributed by atoms with Gasteiger partial charge in [-0.25, -0.2) is 16.8 Å². The van der Waals surface area contributed by atoms with Gasteiger partial charge in [-0.1, -0.05) is 18.2 Å². The summed E-state index contributed by atoms with van der Waals surface area (Å²) in [5.74, 6) is -0.884. The summed E-state index contributed by atoms with van der Waals surface area (Å²) in [6, 6.07) is 7.76. The fourth-order valence-electron chi connectivity index (χ4n) is 3.16. The topological polar surface area (TPSA) is 105 Å². The van der Waals surface area contributed by atoms with Crippen molar-refractivity contribution < 1.29 is 21.9 Å². The molecule has 0 bridgehead atoms. The molecule has 0 saturated heterocycles. The predicted molar refractivity (Wildman–Crippen MR) is 105 cm³/mol. The van der Waals surface area contributed by atoms with E-state index in [0.29, 0.717) is 17.8 Å². The third-order valence-corrected chi connectivity index (χ3v) is 7.38. The Morgan fingerprint density at radius 3 is 2.56 bits per heavy atom. The van der Waals surface area contributed by atoms with E-state index in [1.807, 2.05) is 6.92 Å². The van der Waals surface area contributed by atoms with Gasteiger partial charge in [0.2, 0.25) is 0 Å². The number of aliphatic hydroxyl groups excluding tert-OH is 1. The second-order valence-electron chi connectivity index (χ2n) is 6.39. The van der Waals surface area contributed by atoms with Gasteiger partial charge in [-0.15, -0.1) is 0 Å². The summed E-state index contributed by atoms with van der Waals surface area (Å²) < 4.78 is 51.0. The summed E-state index contributed by atoms with van der Waals surface area (Å²) in [5, 5.41) is 10.7. The number of aromatic nitrogens is 1. The van der Waals surface area contributed by atoms with E-state index < -0.39 is 30.3 Å². The van der Waals surface area contributed by atoms with Gasteiger partial charge in [0.05, 0.1) is 16.3 Å². The number of aliphatic hydroxyl groups is 1. The Morgan fingerprint density at radius 1 is 1.22 bits per heavy atom. The van der Waals surface area contributed by atoms with Crippen molar-refractivity contribution in [2.24, 2.45) is 0 Å². The number of pyridine rings is 1. The van der Waals surface area contributed by atoms with Gasteiger partial charge in [-0.05, 0) is 24.6 Å². The fourth-order valence-corrected chi connectivity index (χ4v) is 6.08. The molecule has 1 aromatic heterocycles. The molecule has 0 radical (unpaired) electrons. The van der Waals surface area contributed by atoms with Crippen LogP contribution in [-0.4, -0.2) is 46.8 Å². The summed E-state index contributed by atoms with van der Waals surface area (Å²) in [6.45, 7) is 2.38. The summed E-state index contributed by atoms with van der Waals surface area (Å²) in [6.07, 6.45) is 2.47. The number of sulfone groups is 2. The standard InChI is InChI=1S/C18H20N2O5S2/c1-4-20(2)14-9-5-8-13(17(14)26(3,22)23)18-16(21)15-12(7-6-10-19-15)11-27(18,24)25/h5-10,21H,4,11H2,1-3H3. The Hall–Kier alpha value is -2.39. The molecule has 2 aromatic rings. The van der Waals surface area contributed by atoms with Crippen LogP contribution in [-0.2, 0) is 25.4 Å². The van der Waals surface area contributed by atoms with Gasteiger partial charge in [0.1, 0.15) is 10.6 Å². The van der Waals surface area contributed by atoms with E-state index in [1.54, 1.807) is 36.2 Å². The molecule has 144 valence electrons. The first-order valence-electron chi connectivity index (χ1n) is 8.22. The van der Waals surface area contributed by atoms with Gasteiger partial charge in [0.25, 0.3) is 0 Å². The number of hydrogen-bond donors (Lipinski definition) is 1. The fraction of sp³-hybridized carbons (Fsp3) is 0.278. The molecule has 0 aliphatic carbocycles. The first kappa shape index (κ1) is 19.4. The third kappa shape index (κ3) is 3.32. The lowest BCUT2D eigenvalue weighted by Gasteiger charge is -2.25. The number of nitrogens with zero attached hydrogens (tertiary/aromatic N) is 2. The lowest BCUT2D eigenvalue weighted by atomic mass is 10.1. The zero-order valence-electron chi connectivity index (χ0n) is 15.2. The molecular weight excluding hydrogens is 388 g/mol. The normalized spacial score (nSPS) is 16.1. The van der Waals surface area contributed by atoms with Crippen LogP contribution in [0.25, 0.3) is 10.7 Å². The lowest BCUT2D eigenvalue weighted by Crippen LogP contribution is -2.22. The Labute approximate surface area is 158 Å². The highest BCUT2D eigenvalue weighted by atomic mass is 32.2. The van der Waals surface area contributed by atoms with Crippen molar-refractivity contribution in [2.45, 2.75) is 17.6 Å². The first-order valence-corrected chi connectivity index (χ1v) is 11.8. The molecule has 0 saturated carbocycles. The average molecular weight is 409 g/mol. The van der Waals surface area contributed by atoms with Gasteiger partial charge < -0.3 is 10.0 Å². The molecule has 1 N–H and O–H groups in total. The van der Waals surface area contributed by atoms with E-state index in [4.69, 9.17) is 0 Å². The van der Waals surface area contributed by atoms with Gasteiger partial charge in [-0.3, -0.25) is 4.98 Å². The van der Waals surface area contributed by atoms with Crippen LogP contribution in [0.2, 0.25) is 0 Å². The second kappa shape index (κ2) is 6.65. The summed E-state index contributed by atoms with van der Waals surface area (Å²) >= 11 is 0. The minimum atomic E-state index is -3.96. The van der Waals surface area contributed by atoms with Crippen LogP contribution in [0, 0.1) is 0 Å². The smallest absolute Gasteiger partial charge is 0.186 e. The highest BCUT2D eigenvalue weighted by Gasteiger charge is 2.36. The molecular formula is C18H20N2O5S2. The maximum Gasteiger partial charge on any atom is 0.186 e. The van der Waals surface area contributed by atoms with Crippen LogP contribution in [0.4, 0.5) is 5.69 Å². The Kier molecular flexibility index (Phi) is 4.77. The van der Waals surface area contributed by atoms with Gasteiger partial charge in [0.15, 0.2) is 25.4 Å². The van der Waals surface area contributed by atoms with Crippen molar-refractivity contribution in [1.82, 2.24) is 4.98 Å². The van der Waals surface area contributed by atoms with Gasteiger partial charge >= 0.3 is 0 Å². The molecule has 0 fully saturated rings. The summed E-state index contributed by atoms with van der Waals surface area (Å²) in [5.41, 5.74) is 0.862. The van der Waals surface area contributed by atoms with Crippen LogP contribution in [0.3, 0.4) is 0 Å². The number of rotatable bonds is 4. The van der Waals surface area contributed by atoms with Gasteiger partial charge in [0, 0.05) is 31.6 Å². The third-order valence-electron chi connectivity index (χ3n) is 4.48. The quantitative estimate of drug-likeness (QED) is 0.827. The largest absolute Gasteiger partial charge is 0.504 e. The van der Waals surface area contributed by atoms with Crippen LogP contribution in [0.1, 0.15) is 23.7 Å². The van der Waals surface area contributed by atoms with Crippen molar-refractivity contribution in [1.29, 1.82) is 0 Å². The molecule has 1 aliphatic rings. The van der Waals surface area contributed by atoms with Crippen molar-refractivity contribution in [3.8, 4) is 0 Å². The maximum atomic E-state index is 12.9. The molecule has 3 rings (SSSR count). The van der Waals surface area contributed by atoms with E-state index in [1.165, 1.54) is 12.3 Å².